The Hall–Kier alpha value is -3.77. The first-order chi connectivity index (χ1) is 14.6. The Morgan fingerprint density at radius 3 is 2.70 bits per heavy atom. The van der Waals surface area contributed by atoms with Gasteiger partial charge in [-0.25, -0.2) is 4.98 Å². The van der Waals surface area contributed by atoms with Gasteiger partial charge in [-0.1, -0.05) is 30.3 Å². The van der Waals surface area contributed by atoms with Crippen LogP contribution in [0.5, 0.6) is 0 Å². The molecule has 30 heavy (non-hydrogen) atoms. The molecule has 148 valence electrons. The maximum Gasteiger partial charge on any atom is 0.268 e. The molecule has 0 bridgehead atoms. The van der Waals surface area contributed by atoms with Crippen LogP contribution in [-0.2, 0) is 6.54 Å². The summed E-state index contributed by atoms with van der Waals surface area (Å²) in [4.78, 5) is 25.6. The molecule has 0 fully saturated rings. The zero-order valence-electron chi connectivity index (χ0n) is 15.9. The Morgan fingerprint density at radius 1 is 1.10 bits per heavy atom. The van der Waals surface area contributed by atoms with Crippen molar-refractivity contribution in [2.75, 3.05) is 4.90 Å². The number of hydrogen-bond donors (Lipinski definition) is 3. The first kappa shape index (κ1) is 18.3. The number of anilines is 2. The van der Waals surface area contributed by atoms with Gasteiger partial charge in [0.25, 0.3) is 5.91 Å². The van der Waals surface area contributed by atoms with E-state index in [4.69, 9.17) is 11.6 Å². The Labute approximate surface area is 177 Å². The van der Waals surface area contributed by atoms with Crippen molar-refractivity contribution < 1.29 is 4.79 Å². The molecule has 3 N–H and O–H groups in total. The van der Waals surface area contributed by atoms with Gasteiger partial charge >= 0.3 is 0 Å². The number of halogens is 1. The number of aromatic amines is 2. The second kappa shape index (κ2) is 7.24. The van der Waals surface area contributed by atoms with Crippen molar-refractivity contribution in [2.45, 2.75) is 6.54 Å². The molecule has 5 rings (SSSR count). The lowest BCUT2D eigenvalue weighted by atomic mass is 10.1. The average Bonchev–Trinajstić information content (AvgIpc) is 3.36. The van der Waals surface area contributed by atoms with Crippen molar-refractivity contribution >= 4 is 46.1 Å². The number of H-pyrrole nitrogens is 2. The molecule has 0 atom stereocenters. The Bertz CT molecular complexity index is 1270. The SMILES string of the molecule is C=C1C=Cc2cc(C(=O)NCc3nc4ccccc4[nH]3)[nH]c2N1c1ccc(Cl)cc1. The highest BCUT2D eigenvalue weighted by molar-refractivity contribution is 6.30. The van der Waals surface area contributed by atoms with E-state index in [0.29, 0.717) is 23.1 Å². The van der Waals surface area contributed by atoms with Gasteiger partial charge in [0.2, 0.25) is 0 Å². The van der Waals surface area contributed by atoms with E-state index in [1.807, 2.05) is 71.6 Å². The van der Waals surface area contributed by atoms with Crippen LogP contribution in [0.1, 0.15) is 21.9 Å². The molecule has 6 nitrogen and oxygen atoms in total. The van der Waals surface area contributed by atoms with E-state index >= 15 is 0 Å². The molecule has 3 heterocycles. The number of carbonyl (C=O) groups excluding carboxylic acids is 1. The predicted octanol–water partition coefficient (Wildman–Crippen LogP) is 5.15. The first-order valence-electron chi connectivity index (χ1n) is 9.46. The number of nitrogens with one attached hydrogen (secondary N) is 3. The molecule has 2 aromatic carbocycles. The molecule has 7 heteroatoms. The summed E-state index contributed by atoms with van der Waals surface area (Å²) in [5.41, 5.74) is 4.89. The number of imidazole rings is 1. The lowest BCUT2D eigenvalue weighted by molar-refractivity contribution is 0.0945. The van der Waals surface area contributed by atoms with E-state index in [1.54, 1.807) is 0 Å². The quantitative estimate of drug-likeness (QED) is 0.431. The maximum absolute atomic E-state index is 12.8. The molecule has 0 spiro atoms. The summed E-state index contributed by atoms with van der Waals surface area (Å²) < 4.78 is 0. The van der Waals surface area contributed by atoms with Gasteiger partial charge in [-0.2, -0.15) is 0 Å². The second-order valence-corrected chi connectivity index (χ2v) is 7.44. The van der Waals surface area contributed by atoms with Crippen LogP contribution in [0.4, 0.5) is 11.5 Å². The molecule has 0 aliphatic carbocycles. The van der Waals surface area contributed by atoms with Crippen LogP contribution in [0.15, 0.2) is 72.9 Å². The van der Waals surface area contributed by atoms with E-state index in [9.17, 15) is 4.79 Å². The van der Waals surface area contributed by atoms with Crippen LogP contribution < -0.4 is 10.2 Å². The standard InChI is InChI=1S/C23H18ClN5O/c1-14-6-7-15-12-20(28-22(15)29(14)17-10-8-16(24)9-11-17)23(30)25-13-21-26-18-4-2-3-5-19(18)27-21/h2-12,28H,1,13H2,(H,25,30)(H,26,27). The van der Waals surface area contributed by atoms with Gasteiger partial charge in [0.1, 0.15) is 17.3 Å². The van der Waals surface area contributed by atoms with E-state index in [-0.39, 0.29) is 5.91 Å². The lowest BCUT2D eigenvalue weighted by Crippen LogP contribution is -2.24. The molecule has 4 aromatic rings. The minimum Gasteiger partial charge on any atom is -0.344 e. The Morgan fingerprint density at radius 2 is 1.90 bits per heavy atom. The number of aromatic nitrogens is 3. The minimum absolute atomic E-state index is 0.208. The average molecular weight is 416 g/mol. The number of benzene rings is 2. The predicted molar refractivity (Wildman–Crippen MR) is 120 cm³/mol. The smallest absolute Gasteiger partial charge is 0.268 e. The van der Waals surface area contributed by atoms with Gasteiger partial charge in [0.15, 0.2) is 0 Å². The van der Waals surface area contributed by atoms with E-state index in [0.717, 1.165) is 33.8 Å². The first-order valence-corrected chi connectivity index (χ1v) is 9.84. The number of nitrogens with zero attached hydrogens (tertiary/aromatic N) is 2. The van der Waals surface area contributed by atoms with E-state index in [1.165, 1.54) is 0 Å². The van der Waals surface area contributed by atoms with Crippen molar-refractivity contribution in [2.24, 2.45) is 0 Å². The summed E-state index contributed by atoms with van der Waals surface area (Å²) in [6.07, 6.45) is 3.86. The molecule has 0 radical (unpaired) electrons. The summed E-state index contributed by atoms with van der Waals surface area (Å²) in [7, 11) is 0. The van der Waals surface area contributed by atoms with Crippen LogP contribution in [0.2, 0.25) is 5.02 Å². The highest BCUT2D eigenvalue weighted by Crippen LogP contribution is 2.37. The number of rotatable bonds is 4. The molecular formula is C23H18ClN5O. The van der Waals surface area contributed by atoms with Crippen LogP contribution in [0.3, 0.4) is 0 Å². The van der Waals surface area contributed by atoms with Gasteiger partial charge < -0.3 is 15.3 Å². The number of hydrogen-bond acceptors (Lipinski definition) is 3. The zero-order chi connectivity index (χ0) is 20.7. The van der Waals surface area contributed by atoms with Gasteiger partial charge in [-0.15, -0.1) is 0 Å². The molecule has 1 aliphatic heterocycles. The molecule has 1 amide bonds. The normalized spacial score (nSPS) is 13.0. The second-order valence-electron chi connectivity index (χ2n) is 7.01. The molecule has 1 aliphatic rings. The Balaban J connectivity index is 1.37. The molecular weight excluding hydrogens is 398 g/mol. The number of carbonyl (C=O) groups is 1. The van der Waals surface area contributed by atoms with Crippen molar-refractivity contribution in [3.63, 3.8) is 0 Å². The summed E-state index contributed by atoms with van der Waals surface area (Å²) >= 11 is 6.02. The fourth-order valence-electron chi connectivity index (χ4n) is 3.53. The third-order valence-corrected chi connectivity index (χ3v) is 5.23. The summed E-state index contributed by atoms with van der Waals surface area (Å²) in [5.74, 6) is 1.29. The topological polar surface area (TPSA) is 76.8 Å². The van der Waals surface area contributed by atoms with Gasteiger partial charge in [0, 0.05) is 22.0 Å². The molecule has 0 unspecified atom stereocenters. The Kier molecular flexibility index (Phi) is 4.41. The van der Waals surface area contributed by atoms with Crippen molar-refractivity contribution in [1.82, 2.24) is 20.3 Å². The number of para-hydroxylation sites is 2. The largest absolute Gasteiger partial charge is 0.344 e. The zero-order valence-corrected chi connectivity index (χ0v) is 16.7. The third-order valence-electron chi connectivity index (χ3n) is 4.98. The number of amides is 1. The van der Waals surface area contributed by atoms with Crippen LogP contribution in [-0.4, -0.2) is 20.9 Å². The molecule has 2 aromatic heterocycles. The fourth-order valence-corrected chi connectivity index (χ4v) is 3.66. The summed E-state index contributed by atoms with van der Waals surface area (Å²) in [5, 5.41) is 3.57. The highest BCUT2D eigenvalue weighted by Gasteiger charge is 2.23. The van der Waals surface area contributed by atoms with Crippen molar-refractivity contribution in [3.05, 3.63) is 95.1 Å². The van der Waals surface area contributed by atoms with Crippen LogP contribution in [0.25, 0.3) is 17.1 Å². The summed E-state index contributed by atoms with van der Waals surface area (Å²) in [6, 6.07) is 17.1. The lowest BCUT2D eigenvalue weighted by Gasteiger charge is -2.27. The van der Waals surface area contributed by atoms with Crippen molar-refractivity contribution in [1.29, 1.82) is 0 Å². The monoisotopic (exact) mass is 415 g/mol. The highest BCUT2D eigenvalue weighted by atomic mass is 35.5. The molecule has 0 saturated heterocycles. The van der Waals surface area contributed by atoms with E-state index in [2.05, 4.69) is 26.8 Å². The van der Waals surface area contributed by atoms with E-state index < -0.39 is 0 Å². The minimum atomic E-state index is -0.208. The number of allylic oxidation sites excluding steroid dienone is 1. The van der Waals surface area contributed by atoms with Crippen LogP contribution in [0, 0.1) is 0 Å². The van der Waals surface area contributed by atoms with Gasteiger partial charge in [0.05, 0.1) is 17.6 Å². The van der Waals surface area contributed by atoms with Gasteiger partial charge in [-0.05, 0) is 54.6 Å². The van der Waals surface area contributed by atoms with Gasteiger partial charge in [-0.3, -0.25) is 9.69 Å². The third kappa shape index (κ3) is 3.27. The van der Waals surface area contributed by atoms with Crippen LogP contribution >= 0.6 is 11.6 Å². The fraction of sp³-hybridized carbons (Fsp3) is 0.0435. The van der Waals surface area contributed by atoms with Crippen molar-refractivity contribution in [3.8, 4) is 0 Å². The maximum atomic E-state index is 12.8. The molecule has 0 saturated carbocycles. The number of fused-ring (bicyclic) bond motifs is 2. The summed E-state index contributed by atoms with van der Waals surface area (Å²) in [6.45, 7) is 4.42.